The van der Waals surface area contributed by atoms with Crippen LogP contribution in [0.5, 0.6) is 5.75 Å². The van der Waals surface area contributed by atoms with Crippen LogP contribution >= 0.6 is 0 Å². The van der Waals surface area contributed by atoms with Crippen molar-refractivity contribution in [2.45, 2.75) is 20.8 Å². The maximum Gasteiger partial charge on any atom is 0.165 e. The van der Waals surface area contributed by atoms with Crippen molar-refractivity contribution in [3.05, 3.63) is 29.6 Å². The molecule has 0 saturated carbocycles. The standard InChI is InChI=1S/C9H11FO2.C2H6/c1-7-2-3-8(10)9(6-7)12-5-4-11;1-2/h2-3,6,11H,4-5H2,1H3;1-2H3. The Kier molecular flexibility index (Phi) is 6.76. The molecule has 0 aliphatic rings. The molecule has 1 aromatic carbocycles. The third-order valence-electron chi connectivity index (χ3n) is 1.44. The van der Waals surface area contributed by atoms with Crippen molar-refractivity contribution < 1.29 is 14.2 Å². The summed E-state index contributed by atoms with van der Waals surface area (Å²) in [6.45, 7) is 5.87. The van der Waals surface area contributed by atoms with Crippen LogP contribution < -0.4 is 4.74 Å². The Morgan fingerprint density at radius 2 is 2.00 bits per heavy atom. The van der Waals surface area contributed by atoms with Gasteiger partial charge in [-0.05, 0) is 24.6 Å². The molecule has 0 spiro atoms. The molecule has 14 heavy (non-hydrogen) atoms. The van der Waals surface area contributed by atoms with E-state index < -0.39 is 5.82 Å². The third-order valence-corrected chi connectivity index (χ3v) is 1.44. The van der Waals surface area contributed by atoms with Crippen molar-refractivity contribution in [1.82, 2.24) is 0 Å². The Morgan fingerprint density at radius 1 is 1.36 bits per heavy atom. The highest BCUT2D eigenvalue weighted by Crippen LogP contribution is 2.17. The summed E-state index contributed by atoms with van der Waals surface area (Å²) in [5.41, 5.74) is 0.935. The molecule has 0 saturated heterocycles. The number of rotatable bonds is 3. The second-order valence-electron chi connectivity index (χ2n) is 2.51. The van der Waals surface area contributed by atoms with Gasteiger partial charge in [-0.3, -0.25) is 0 Å². The SMILES string of the molecule is CC.Cc1ccc(F)c(OCCO)c1. The highest BCUT2D eigenvalue weighted by molar-refractivity contribution is 5.29. The van der Waals surface area contributed by atoms with Crippen LogP contribution in [0.3, 0.4) is 0 Å². The molecule has 1 N–H and O–H groups in total. The monoisotopic (exact) mass is 200 g/mol. The number of hydrogen-bond acceptors (Lipinski definition) is 2. The predicted molar refractivity (Wildman–Crippen MR) is 55.1 cm³/mol. The van der Waals surface area contributed by atoms with Crippen LogP contribution in [0, 0.1) is 12.7 Å². The summed E-state index contributed by atoms with van der Waals surface area (Å²) < 4.78 is 17.8. The molecule has 80 valence electrons. The molecular weight excluding hydrogens is 183 g/mol. The normalized spacial score (nSPS) is 8.93. The number of benzene rings is 1. The van der Waals surface area contributed by atoms with Gasteiger partial charge in [-0.2, -0.15) is 0 Å². The lowest BCUT2D eigenvalue weighted by Crippen LogP contribution is -2.03. The fraction of sp³-hybridized carbons (Fsp3) is 0.455. The average Bonchev–Trinajstić information content (AvgIpc) is 2.22. The number of aliphatic hydroxyl groups excluding tert-OH is 1. The molecule has 0 fully saturated rings. The van der Waals surface area contributed by atoms with Crippen LogP contribution in [-0.2, 0) is 0 Å². The molecule has 3 heteroatoms. The Hall–Kier alpha value is -1.09. The van der Waals surface area contributed by atoms with Gasteiger partial charge >= 0.3 is 0 Å². The second kappa shape index (κ2) is 7.33. The molecule has 0 bridgehead atoms. The Labute approximate surface area is 84.3 Å². The summed E-state index contributed by atoms with van der Waals surface area (Å²) in [6.07, 6.45) is 0. The lowest BCUT2D eigenvalue weighted by Gasteiger charge is -2.05. The summed E-state index contributed by atoms with van der Waals surface area (Å²) in [5, 5.41) is 8.44. The fourth-order valence-electron chi connectivity index (χ4n) is 0.877. The Balaban J connectivity index is 0.000000791. The van der Waals surface area contributed by atoms with Gasteiger partial charge in [-0.1, -0.05) is 19.9 Å². The van der Waals surface area contributed by atoms with Crippen LogP contribution in [0.2, 0.25) is 0 Å². The predicted octanol–water partition coefficient (Wildman–Crippen LogP) is 2.53. The number of hydrogen-bond donors (Lipinski definition) is 1. The van der Waals surface area contributed by atoms with E-state index >= 15 is 0 Å². The number of aryl methyl sites for hydroxylation is 1. The fourth-order valence-corrected chi connectivity index (χ4v) is 0.877. The second-order valence-corrected chi connectivity index (χ2v) is 2.51. The maximum atomic E-state index is 12.9. The molecule has 0 amide bonds. The summed E-state index contributed by atoms with van der Waals surface area (Å²) in [5.74, 6) is -0.196. The summed E-state index contributed by atoms with van der Waals surface area (Å²) >= 11 is 0. The molecule has 0 aliphatic carbocycles. The van der Waals surface area contributed by atoms with Crippen molar-refractivity contribution in [1.29, 1.82) is 0 Å². The molecule has 0 aromatic heterocycles. The first-order valence-corrected chi connectivity index (χ1v) is 4.74. The molecule has 0 unspecified atom stereocenters. The van der Waals surface area contributed by atoms with Crippen molar-refractivity contribution in [2.24, 2.45) is 0 Å². The molecule has 1 aromatic rings. The maximum absolute atomic E-state index is 12.9. The van der Waals surface area contributed by atoms with E-state index in [0.29, 0.717) is 0 Å². The molecule has 0 atom stereocenters. The van der Waals surface area contributed by atoms with E-state index in [4.69, 9.17) is 9.84 Å². The number of ether oxygens (including phenoxy) is 1. The molecular formula is C11H17FO2. The quantitative estimate of drug-likeness (QED) is 0.812. The topological polar surface area (TPSA) is 29.5 Å². The average molecular weight is 200 g/mol. The molecule has 1 rings (SSSR count). The van der Waals surface area contributed by atoms with E-state index in [1.54, 1.807) is 12.1 Å². The molecule has 2 nitrogen and oxygen atoms in total. The largest absolute Gasteiger partial charge is 0.488 e. The van der Waals surface area contributed by atoms with Crippen LogP contribution in [0.4, 0.5) is 4.39 Å². The highest BCUT2D eigenvalue weighted by atomic mass is 19.1. The van der Waals surface area contributed by atoms with E-state index in [-0.39, 0.29) is 19.0 Å². The van der Waals surface area contributed by atoms with Crippen molar-refractivity contribution in [3.8, 4) is 5.75 Å². The minimum absolute atomic E-state index is 0.104. The first kappa shape index (κ1) is 12.9. The minimum Gasteiger partial charge on any atom is -0.488 e. The van der Waals surface area contributed by atoms with Crippen LogP contribution in [0.15, 0.2) is 18.2 Å². The highest BCUT2D eigenvalue weighted by Gasteiger charge is 2.01. The van der Waals surface area contributed by atoms with Gasteiger partial charge in [0.15, 0.2) is 11.6 Å². The minimum atomic E-state index is -0.394. The summed E-state index contributed by atoms with van der Waals surface area (Å²) in [4.78, 5) is 0. The van der Waals surface area contributed by atoms with Crippen molar-refractivity contribution >= 4 is 0 Å². The Morgan fingerprint density at radius 3 is 2.57 bits per heavy atom. The Bertz CT molecular complexity index is 261. The van der Waals surface area contributed by atoms with Gasteiger partial charge in [0.05, 0.1) is 6.61 Å². The van der Waals surface area contributed by atoms with Crippen LogP contribution in [-0.4, -0.2) is 18.3 Å². The van der Waals surface area contributed by atoms with E-state index in [9.17, 15) is 4.39 Å². The van der Waals surface area contributed by atoms with Crippen LogP contribution in [0.1, 0.15) is 19.4 Å². The van der Waals surface area contributed by atoms with E-state index in [1.807, 2.05) is 20.8 Å². The first-order valence-electron chi connectivity index (χ1n) is 4.74. The first-order chi connectivity index (χ1) is 6.74. The zero-order chi connectivity index (χ0) is 11.0. The van der Waals surface area contributed by atoms with Gasteiger partial charge in [-0.15, -0.1) is 0 Å². The summed E-state index contributed by atoms with van der Waals surface area (Å²) in [6, 6.07) is 4.62. The zero-order valence-electron chi connectivity index (χ0n) is 8.88. The lowest BCUT2D eigenvalue weighted by molar-refractivity contribution is 0.196. The van der Waals surface area contributed by atoms with Gasteiger partial charge in [0, 0.05) is 0 Å². The van der Waals surface area contributed by atoms with Crippen LogP contribution in [0.25, 0.3) is 0 Å². The molecule has 0 heterocycles. The third kappa shape index (κ3) is 4.23. The molecule has 0 radical (unpaired) electrons. The van der Waals surface area contributed by atoms with E-state index in [2.05, 4.69) is 0 Å². The lowest BCUT2D eigenvalue weighted by atomic mass is 10.2. The van der Waals surface area contributed by atoms with Gasteiger partial charge in [0.25, 0.3) is 0 Å². The number of halogens is 1. The summed E-state index contributed by atoms with van der Waals surface area (Å²) in [7, 11) is 0. The van der Waals surface area contributed by atoms with E-state index in [1.165, 1.54) is 6.07 Å². The molecule has 0 aliphatic heterocycles. The number of aliphatic hydroxyl groups is 1. The van der Waals surface area contributed by atoms with Gasteiger partial charge < -0.3 is 9.84 Å². The van der Waals surface area contributed by atoms with Gasteiger partial charge in [-0.25, -0.2) is 4.39 Å². The zero-order valence-corrected chi connectivity index (χ0v) is 8.88. The smallest absolute Gasteiger partial charge is 0.165 e. The van der Waals surface area contributed by atoms with Gasteiger partial charge in [0.2, 0.25) is 0 Å². The van der Waals surface area contributed by atoms with Gasteiger partial charge in [0.1, 0.15) is 6.61 Å². The van der Waals surface area contributed by atoms with Crippen molar-refractivity contribution in [3.63, 3.8) is 0 Å². The van der Waals surface area contributed by atoms with Crippen molar-refractivity contribution in [2.75, 3.05) is 13.2 Å². The van der Waals surface area contributed by atoms with E-state index in [0.717, 1.165) is 5.56 Å².